The highest BCUT2D eigenvalue weighted by Crippen LogP contribution is 2.04. The smallest absolute Gasteiger partial charge is 0.0466 e. The second kappa shape index (κ2) is 9.05. The third kappa shape index (κ3) is 8.05. The largest absolute Gasteiger partial charge is 0.382 e. The molecule has 0 aromatic heterocycles. The van der Waals surface area contributed by atoms with Crippen molar-refractivity contribution in [3.63, 3.8) is 0 Å². The second-order valence-corrected chi connectivity index (χ2v) is 3.02. The molecule has 0 rings (SSSR count). The molecule has 0 aromatic rings. The first-order valence-corrected chi connectivity index (χ1v) is 4.77. The maximum Gasteiger partial charge on any atom is 0.0466 e. The van der Waals surface area contributed by atoms with E-state index in [1.165, 1.54) is 18.6 Å². The third-order valence-electron chi connectivity index (χ3n) is 1.12. The molecule has 0 amide bonds. The minimum absolute atomic E-state index is 0.842. The predicted molar refractivity (Wildman–Crippen MR) is 48.4 cm³/mol. The Hall–Kier alpha value is 0.0500. The van der Waals surface area contributed by atoms with Crippen LogP contribution in [0.3, 0.4) is 0 Å². The normalized spacial score (nSPS) is 9.70. The Labute approximate surface area is 67.8 Å². The molecule has 0 saturated heterocycles. The van der Waals surface area contributed by atoms with Gasteiger partial charge in [-0.2, -0.15) is 0 Å². The first kappa shape index (κ1) is 10.0. The molecular weight excluding hydrogens is 144 g/mol. The van der Waals surface area contributed by atoms with Gasteiger partial charge in [-0.1, -0.05) is 6.58 Å². The van der Waals surface area contributed by atoms with Crippen LogP contribution in [0.4, 0.5) is 0 Å². The van der Waals surface area contributed by atoms with E-state index >= 15 is 0 Å². The van der Waals surface area contributed by atoms with Crippen LogP contribution in [0.15, 0.2) is 12.0 Å². The van der Waals surface area contributed by atoms with Crippen LogP contribution in [-0.2, 0) is 4.74 Å². The van der Waals surface area contributed by atoms with E-state index in [2.05, 4.69) is 6.58 Å². The monoisotopic (exact) mass is 160 g/mol. The van der Waals surface area contributed by atoms with Gasteiger partial charge in [0.05, 0.1) is 0 Å². The van der Waals surface area contributed by atoms with Gasteiger partial charge in [0.25, 0.3) is 0 Å². The molecule has 0 spiro atoms. The van der Waals surface area contributed by atoms with Crippen molar-refractivity contribution in [1.29, 1.82) is 0 Å². The van der Waals surface area contributed by atoms with E-state index < -0.39 is 0 Å². The van der Waals surface area contributed by atoms with Crippen LogP contribution < -0.4 is 0 Å². The fraction of sp³-hybridized carbons (Fsp3) is 0.750. The Morgan fingerprint density at radius 1 is 1.50 bits per heavy atom. The first-order valence-electron chi connectivity index (χ1n) is 3.72. The van der Waals surface area contributed by atoms with Gasteiger partial charge in [0.1, 0.15) is 0 Å². The average Bonchev–Trinajstić information content (AvgIpc) is 1.97. The molecule has 0 fully saturated rings. The predicted octanol–water partition coefficient (Wildman–Crippen LogP) is 2.68. The summed E-state index contributed by atoms with van der Waals surface area (Å²) in [6, 6.07) is 0. The van der Waals surface area contributed by atoms with Gasteiger partial charge in [0.2, 0.25) is 0 Å². The average molecular weight is 160 g/mol. The van der Waals surface area contributed by atoms with Crippen molar-refractivity contribution in [2.75, 3.05) is 19.0 Å². The molecule has 0 radical (unpaired) electrons. The topological polar surface area (TPSA) is 9.23 Å². The zero-order valence-corrected chi connectivity index (χ0v) is 7.45. The minimum Gasteiger partial charge on any atom is -0.382 e. The fourth-order valence-corrected chi connectivity index (χ4v) is 1.15. The van der Waals surface area contributed by atoms with Crippen LogP contribution in [0, 0.1) is 0 Å². The molecule has 60 valence electrons. The van der Waals surface area contributed by atoms with E-state index in [0.29, 0.717) is 0 Å². The number of rotatable bonds is 7. The second-order valence-electron chi connectivity index (χ2n) is 1.94. The van der Waals surface area contributed by atoms with Crippen LogP contribution >= 0.6 is 11.8 Å². The summed E-state index contributed by atoms with van der Waals surface area (Å²) in [5.74, 6) is 1.18. The van der Waals surface area contributed by atoms with Crippen molar-refractivity contribution in [2.45, 2.75) is 19.8 Å². The molecule has 0 atom stereocenters. The fourth-order valence-electron chi connectivity index (χ4n) is 0.617. The molecule has 0 aliphatic heterocycles. The molecule has 0 aliphatic carbocycles. The molecule has 10 heavy (non-hydrogen) atoms. The lowest BCUT2D eigenvalue weighted by Crippen LogP contribution is -1.93. The summed E-state index contributed by atoms with van der Waals surface area (Å²) < 4.78 is 5.18. The van der Waals surface area contributed by atoms with E-state index in [4.69, 9.17) is 4.74 Å². The van der Waals surface area contributed by atoms with Crippen LogP contribution in [0.1, 0.15) is 19.8 Å². The standard InChI is InChI=1S/C8H16OS/c1-3-9-7-5-6-8-10-4-2/h4H,2-3,5-8H2,1H3. The Morgan fingerprint density at radius 2 is 2.30 bits per heavy atom. The maximum atomic E-state index is 5.18. The molecular formula is C8H16OS. The van der Waals surface area contributed by atoms with Gasteiger partial charge in [-0.3, -0.25) is 0 Å². The Bertz CT molecular complexity index is 73.7. The van der Waals surface area contributed by atoms with E-state index in [9.17, 15) is 0 Å². The molecule has 0 heterocycles. The van der Waals surface area contributed by atoms with Crippen molar-refractivity contribution < 1.29 is 4.74 Å². The Balaban J connectivity index is 2.70. The van der Waals surface area contributed by atoms with Crippen molar-refractivity contribution in [1.82, 2.24) is 0 Å². The lowest BCUT2D eigenvalue weighted by molar-refractivity contribution is 0.144. The van der Waals surface area contributed by atoms with Crippen LogP contribution in [0.25, 0.3) is 0 Å². The van der Waals surface area contributed by atoms with Crippen LogP contribution in [0.2, 0.25) is 0 Å². The van der Waals surface area contributed by atoms with Crippen molar-refractivity contribution in [2.24, 2.45) is 0 Å². The number of thioether (sulfide) groups is 1. The summed E-state index contributed by atoms with van der Waals surface area (Å²) in [5, 5.41) is 1.89. The highest BCUT2D eigenvalue weighted by molar-refractivity contribution is 8.02. The van der Waals surface area contributed by atoms with E-state index in [0.717, 1.165) is 13.2 Å². The summed E-state index contributed by atoms with van der Waals surface area (Å²) in [7, 11) is 0. The molecule has 0 aromatic carbocycles. The minimum atomic E-state index is 0.842. The molecule has 2 heteroatoms. The summed E-state index contributed by atoms with van der Waals surface area (Å²) in [6.45, 7) is 7.41. The molecule has 0 unspecified atom stereocenters. The number of ether oxygens (including phenoxy) is 1. The van der Waals surface area contributed by atoms with Crippen molar-refractivity contribution >= 4 is 11.8 Å². The van der Waals surface area contributed by atoms with Crippen molar-refractivity contribution in [3.05, 3.63) is 12.0 Å². The highest BCUT2D eigenvalue weighted by Gasteiger charge is 1.86. The van der Waals surface area contributed by atoms with Crippen molar-refractivity contribution in [3.8, 4) is 0 Å². The summed E-state index contributed by atoms with van der Waals surface area (Å²) in [4.78, 5) is 0. The molecule has 0 aliphatic rings. The molecule has 0 N–H and O–H groups in total. The van der Waals surface area contributed by atoms with E-state index in [1.807, 2.05) is 12.3 Å². The zero-order valence-electron chi connectivity index (χ0n) is 6.64. The van der Waals surface area contributed by atoms with Gasteiger partial charge in [0, 0.05) is 13.2 Å². The van der Waals surface area contributed by atoms with Gasteiger partial charge in [-0.25, -0.2) is 0 Å². The SMILES string of the molecule is C=CSCCCCOCC. The van der Waals surface area contributed by atoms with Gasteiger partial charge in [-0.15, -0.1) is 11.8 Å². The lowest BCUT2D eigenvalue weighted by atomic mass is 10.4. The highest BCUT2D eigenvalue weighted by atomic mass is 32.2. The first-order chi connectivity index (χ1) is 4.91. The summed E-state index contributed by atoms with van der Waals surface area (Å²) in [6.07, 6.45) is 2.41. The number of hydrogen-bond acceptors (Lipinski definition) is 2. The summed E-state index contributed by atoms with van der Waals surface area (Å²) in [5.41, 5.74) is 0. The van der Waals surface area contributed by atoms with Gasteiger partial charge in [-0.05, 0) is 30.9 Å². The number of hydrogen-bond donors (Lipinski definition) is 0. The van der Waals surface area contributed by atoms with E-state index in [-0.39, 0.29) is 0 Å². The Morgan fingerprint density at radius 3 is 2.90 bits per heavy atom. The van der Waals surface area contributed by atoms with Gasteiger partial charge < -0.3 is 4.74 Å². The third-order valence-corrected chi connectivity index (χ3v) is 1.88. The molecule has 1 nitrogen and oxygen atoms in total. The quantitative estimate of drug-likeness (QED) is 0.529. The zero-order chi connectivity index (χ0) is 7.66. The van der Waals surface area contributed by atoms with E-state index in [1.54, 1.807) is 11.8 Å². The Kier molecular flexibility index (Phi) is 9.10. The van der Waals surface area contributed by atoms with Gasteiger partial charge in [0.15, 0.2) is 0 Å². The molecule has 0 saturated carbocycles. The number of unbranched alkanes of at least 4 members (excludes halogenated alkanes) is 1. The van der Waals surface area contributed by atoms with Crippen LogP contribution in [0.5, 0.6) is 0 Å². The van der Waals surface area contributed by atoms with Gasteiger partial charge >= 0.3 is 0 Å². The van der Waals surface area contributed by atoms with Crippen LogP contribution in [-0.4, -0.2) is 19.0 Å². The lowest BCUT2D eigenvalue weighted by Gasteiger charge is -1.98. The maximum absolute atomic E-state index is 5.18. The summed E-state index contributed by atoms with van der Waals surface area (Å²) >= 11 is 1.77. The molecule has 0 bridgehead atoms.